The van der Waals surface area contributed by atoms with Crippen molar-refractivity contribution in [3.63, 3.8) is 0 Å². The fraction of sp³-hybridized carbons (Fsp3) is 0.632. The van der Waals surface area contributed by atoms with Crippen molar-refractivity contribution in [2.45, 2.75) is 24.6 Å². The minimum atomic E-state index is -0.00871. The van der Waals surface area contributed by atoms with E-state index in [9.17, 15) is 4.79 Å². The van der Waals surface area contributed by atoms with E-state index in [4.69, 9.17) is 4.74 Å². The van der Waals surface area contributed by atoms with Crippen molar-refractivity contribution in [2.24, 2.45) is 5.92 Å². The van der Waals surface area contributed by atoms with E-state index in [1.807, 2.05) is 11.8 Å². The summed E-state index contributed by atoms with van der Waals surface area (Å²) >= 11 is 1.81. The lowest BCUT2D eigenvalue weighted by Crippen LogP contribution is -2.47. The van der Waals surface area contributed by atoms with Gasteiger partial charge in [-0.25, -0.2) is 0 Å². The van der Waals surface area contributed by atoms with E-state index >= 15 is 0 Å². The van der Waals surface area contributed by atoms with Crippen LogP contribution in [0.1, 0.15) is 23.3 Å². The second-order valence-electron chi connectivity index (χ2n) is 7.14. The zero-order chi connectivity index (χ0) is 16.5. The molecule has 0 bridgehead atoms. The first-order valence-corrected chi connectivity index (χ1v) is 10.1. The predicted octanol–water partition coefficient (Wildman–Crippen LogP) is 2.20. The van der Waals surface area contributed by atoms with Crippen LogP contribution in [0.4, 0.5) is 0 Å². The van der Waals surface area contributed by atoms with E-state index in [1.54, 1.807) is 0 Å². The fourth-order valence-corrected chi connectivity index (χ4v) is 5.55. The lowest BCUT2D eigenvalue weighted by Gasteiger charge is -2.34. The lowest BCUT2D eigenvalue weighted by atomic mass is 10.0. The number of nitrogens with zero attached hydrogens (tertiary/aromatic N) is 2. The van der Waals surface area contributed by atoms with Gasteiger partial charge in [0.15, 0.2) is 0 Å². The monoisotopic (exact) mass is 346 g/mol. The maximum atomic E-state index is 13.2. The number of benzene rings is 1. The van der Waals surface area contributed by atoms with Crippen LogP contribution >= 0.6 is 11.8 Å². The Morgan fingerprint density at radius 1 is 1.21 bits per heavy atom. The SMILES string of the molecule is C[C@@H]1CN(C(=O)[C@H]2SCCc3ccccc32)C[C@@H]1N1CCOCC1. The van der Waals surface area contributed by atoms with Crippen LogP contribution in [0.2, 0.25) is 0 Å². The van der Waals surface area contributed by atoms with Crippen LogP contribution in [0.5, 0.6) is 0 Å². The van der Waals surface area contributed by atoms with Crippen molar-refractivity contribution in [2.75, 3.05) is 45.1 Å². The van der Waals surface area contributed by atoms with Gasteiger partial charge in [-0.15, -0.1) is 11.8 Å². The number of likely N-dealkylation sites (tertiary alicyclic amines) is 1. The molecule has 0 unspecified atom stereocenters. The van der Waals surface area contributed by atoms with Crippen LogP contribution in [-0.2, 0) is 16.0 Å². The molecule has 1 aromatic rings. The minimum absolute atomic E-state index is 0.00871. The largest absolute Gasteiger partial charge is 0.379 e. The fourth-order valence-electron chi connectivity index (χ4n) is 4.28. The second-order valence-corrected chi connectivity index (χ2v) is 8.35. The van der Waals surface area contributed by atoms with Crippen molar-refractivity contribution in [3.8, 4) is 0 Å². The number of rotatable bonds is 2. The quantitative estimate of drug-likeness (QED) is 0.822. The molecular weight excluding hydrogens is 320 g/mol. The summed E-state index contributed by atoms with van der Waals surface area (Å²) in [6, 6.07) is 8.96. The summed E-state index contributed by atoms with van der Waals surface area (Å²) in [5.41, 5.74) is 2.59. The first-order chi connectivity index (χ1) is 11.7. The molecule has 2 fully saturated rings. The molecule has 5 heteroatoms. The summed E-state index contributed by atoms with van der Waals surface area (Å²) in [5.74, 6) is 1.90. The summed E-state index contributed by atoms with van der Waals surface area (Å²) in [7, 11) is 0. The highest BCUT2D eigenvalue weighted by atomic mass is 32.2. The highest BCUT2D eigenvalue weighted by molar-refractivity contribution is 8.00. The number of morpholine rings is 1. The number of carbonyl (C=O) groups excluding carboxylic acids is 1. The third-order valence-electron chi connectivity index (χ3n) is 5.62. The van der Waals surface area contributed by atoms with Gasteiger partial charge in [-0.1, -0.05) is 31.2 Å². The molecule has 1 aromatic carbocycles. The number of aryl methyl sites for hydroxylation is 1. The molecular formula is C19H26N2O2S. The van der Waals surface area contributed by atoms with Gasteiger partial charge in [0.05, 0.1) is 13.2 Å². The molecule has 0 spiro atoms. The molecule has 4 nitrogen and oxygen atoms in total. The standard InChI is InChI=1S/C19H26N2O2S/c1-14-12-21(13-17(14)20-7-9-23-10-8-20)19(22)18-16-5-3-2-4-15(16)6-11-24-18/h2-5,14,17-18H,6-13H2,1H3/t14-,17+,18+/m1/s1. The van der Waals surface area contributed by atoms with E-state index in [0.29, 0.717) is 17.9 Å². The summed E-state index contributed by atoms with van der Waals surface area (Å²) in [6.07, 6.45) is 1.08. The zero-order valence-corrected chi connectivity index (χ0v) is 15.1. The van der Waals surface area contributed by atoms with Crippen LogP contribution in [-0.4, -0.2) is 66.9 Å². The highest BCUT2D eigenvalue weighted by Crippen LogP contribution is 2.39. The topological polar surface area (TPSA) is 32.8 Å². The number of carbonyl (C=O) groups is 1. The number of thioether (sulfide) groups is 1. The third kappa shape index (κ3) is 3.09. The van der Waals surface area contributed by atoms with Gasteiger partial charge in [0.25, 0.3) is 0 Å². The maximum Gasteiger partial charge on any atom is 0.240 e. The summed E-state index contributed by atoms with van der Waals surface area (Å²) < 4.78 is 5.48. The lowest BCUT2D eigenvalue weighted by molar-refractivity contribution is -0.130. The average Bonchev–Trinajstić information content (AvgIpc) is 3.03. The Kier molecular flexibility index (Phi) is 4.83. The van der Waals surface area contributed by atoms with Crippen LogP contribution < -0.4 is 0 Å². The Hall–Kier alpha value is -1.04. The van der Waals surface area contributed by atoms with Crippen LogP contribution in [0.15, 0.2) is 24.3 Å². The minimum Gasteiger partial charge on any atom is -0.379 e. The van der Waals surface area contributed by atoms with Gasteiger partial charge in [-0.2, -0.15) is 0 Å². The molecule has 0 radical (unpaired) electrons. The number of hydrogen-bond donors (Lipinski definition) is 0. The van der Waals surface area contributed by atoms with Crippen molar-refractivity contribution in [1.29, 1.82) is 0 Å². The highest BCUT2D eigenvalue weighted by Gasteiger charge is 2.39. The van der Waals surface area contributed by atoms with Crippen molar-refractivity contribution in [3.05, 3.63) is 35.4 Å². The van der Waals surface area contributed by atoms with Gasteiger partial charge in [-0.3, -0.25) is 9.69 Å². The Morgan fingerprint density at radius 2 is 2.00 bits per heavy atom. The predicted molar refractivity (Wildman–Crippen MR) is 97.3 cm³/mol. The molecule has 4 rings (SSSR count). The normalized spacial score (nSPS) is 31.0. The van der Waals surface area contributed by atoms with Gasteiger partial charge in [0.2, 0.25) is 5.91 Å². The van der Waals surface area contributed by atoms with E-state index in [2.05, 4.69) is 41.0 Å². The van der Waals surface area contributed by atoms with Crippen LogP contribution in [0.3, 0.4) is 0 Å². The zero-order valence-electron chi connectivity index (χ0n) is 14.3. The van der Waals surface area contributed by atoms with Gasteiger partial charge >= 0.3 is 0 Å². The van der Waals surface area contributed by atoms with Gasteiger partial charge in [-0.05, 0) is 29.2 Å². The third-order valence-corrected chi connectivity index (χ3v) is 6.85. The van der Waals surface area contributed by atoms with E-state index in [1.165, 1.54) is 11.1 Å². The summed E-state index contributed by atoms with van der Waals surface area (Å²) in [5, 5.41) is -0.00871. The van der Waals surface area contributed by atoms with E-state index < -0.39 is 0 Å². The second kappa shape index (κ2) is 7.06. The van der Waals surface area contributed by atoms with Crippen molar-refractivity contribution >= 4 is 17.7 Å². The number of ether oxygens (including phenoxy) is 1. The average molecular weight is 346 g/mol. The first-order valence-electron chi connectivity index (χ1n) is 9.04. The Balaban J connectivity index is 1.48. The molecule has 3 aliphatic heterocycles. The first kappa shape index (κ1) is 16.4. The molecule has 0 aliphatic carbocycles. The molecule has 24 heavy (non-hydrogen) atoms. The Labute approximate surface area is 148 Å². The summed E-state index contributed by atoms with van der Waals surface area (Å²) in [4.78, 5) is 17.8. The molecule has 3 heterocycles. The molecule has 2 saturated heterocycles. The van der Waals surface area contributed by atoms with E-state index in [0.717, 1.165) is 51.6 Å². The molecule has 3 aliphatic rings. The molecule has 0 aromatic heterocycles. The van der Waals surface area contributed by atoms with Crippen LogP contribution in [0, 0.1) is 5.92 Å². The Bertz CT molecular complexity index is 603. The molecule has 1 amide bonds. The molecule has 0 saturated carbocycles. The van der Waals surface area contributed by atoms with Gasteiger partial charge in [0.1, 0.15) is 5.25 Å². The van der Waals surface area contributed by atoms with Gasteiger partial charge in [0, 0.05) is 32.2 Å². The van der Waals surface area contributed by atoms with Crippen LogP contribution in [0.25, 0.3) is 0 Å². The number of hydrogen-bond acceptors (Lipinski definition) is 4. The Morgan fingerprint density at radius 3 is 2.83 bits per heavy atom. The maximum absolute atomic E-state index is 13.2. The summed E-state index contributed by atoms with van der Waals surface area (Å²) in [6.45, 7) is 7.69. The molecule has 130 valence electrons. The van der Waals surface area contributed by atoms with E-state index in [-0.39, 0.29) is 5.25 Å². The number of amides is 1. The van der Waals surface area contributed by atoms with Crippen molar-refractivity contribution in [1.82, 2.24) is 9.80 Å². The van der Waals surface area contributed by atoms with Gasteiger partial charge < -0.3 is 9.64 Å². The van der Waals surface area contributed by atoms with Crippen molar-refractivity contribution < 1.29 is 9.53 Å². The molecule has 3 atom stereocenters. The smallest absolute Gasteiger partial charge is 0.240 e. The number of fused-ring (bicyclic) bond motifs is 1. The molecule has 0 N–H and O–H groups in total.